The smallest absolute Gasteiger partial charge is 0.259 e. The van der Waals surface area contributed by atoms with Gasteiger partial charge in [-0.2, -0.15) is 5.10 Å². The number of aromatic nitrogens is 2. The van der Waals surface area contributed by atoms with E-state index in [-0.39, 0.29) is 17.8 Å². The Labute approximate surface area is 167 Å². The molecule has 0 saturated heterocycles. The van der Waals surface area contributed by atoms with Gasteiger partial charge in [-0.05, 0) is 61.9 Å². The number of hydrogen-bond donors (Lipinski definition) is 1. The van der Waals surface area contributed by atoms with Crippen LogP contribution in [-0.2, 0) is 6.54 Å². The summed E-state index contributed by atoms with van der Waals surface area (Å²) in [4.78, 5) is 15.0. The summed E-state index contributed by atoms with van der Waals surface area (Å²) in [7, 11) is 0. The van der Waals surface area contributed by atoms with Crippen molar-refractivity contribution in [3.8, 4) is 5.69 Å². The van der Waals surface area contributed by atoms with E-state index in [9.17, 15) is 9.18 Å². The normalized spacial score (nSPS) is 16.6. The molecule has 0 unspecified atom stereocenters. The van der Waals surface area contributed by atoms with Crippen LogP contribution in [0.1, 0.15) is 28.5 Å². The highest BCUT2D eigenvalue weighted by atomic mass is 35.5. The third-order valence-corrected chi connectivity index (χ3v) is 5.16. The third kappa shape index (κ3) is 3.53. The Morgan fingerprint density at radius 2 is 2.07 bits per heavy atom. The number of nitrogens with zero attached hydrogens (tertiary/aromatic N) is 3. The van der Waals surface area contributed by atoms with Crippen molar-refractivity contribution in [1.29, 1.82) is 0 Å². The second-order valence-electron chi connectivity index (χ2n) is 7.04. The van der Waals surface area contributed by atoms with Gasteiger partial charge in [0.25, 0.3) is 5.91 Å². The molecule has 0 bridgehead atoms. The van der Waals surface area contributed by atoms with E-state index in [0.29, 0.717) is 29.4 Å². The summed E-state index contributed by atoms with van der Waals surface area (Å²) >= 11 is 6.47. The van der Waals surface area contributed by atoms with E-state index in [2.05, 4.69) is 10.4 Å². The molecule has 1 aromatic heterocycles. The molecule has 1 amide bonds. The lowest BCUT2D eigenvalue weighted by Gasteiger charge is -2.25. The first-order valence-corrected chi connectivity index (χ1v) is 9.46. The van der Waals surface area contributed by atoms with Crippen molar-refractivity contribution in [3.63, 3.8) is 0 Å². The lowest BCUT2D eigenvalue weighted by atomic mass is 10.1. The molecule has 2 aromatic carbocycles. The van der Waals surface area contributed by atoms with Crippen molar-refractivity contribution < 1.29 is 9.18 Å². The van der Waals surface area contributed by atoms with Gasteiger partial charge in [0.1, 0.15) is 5.82 Å². The van der Waals surface area contributed by atoms with Crippen molar-refractivity contribution in [2.24, 2.45) is 0 Å². The van der Waals surface area contributed by atoms with Crippen LogP contribution in [-0.4, -0.2) is 28.3 Å². The molecular weight excluding hydrogens is 379 g/mol. The largest absolute Gasteiger partial charge is 0.308 e. The van der Waals surface area contributed by atoms with Gasteiger partial charge in [0.2, 0.25) is 0 Å². The number of carbonyl (C=O) groups excluding carboxylic acids is 1. The van der Waals surface area contributed by atoms with Crippen molar-refractivity contribution in [2.75, 3.05) is 11.4 Å². The molecule has 0 saturated carbocycles. The Kier molecular flexibility index (Phi) is 4.91. The number of amides is 1. The van der Waals surface area contributed by atoms with Crippen LogP contribution in [0.3, 0.4) is 0 Å². The van der Waals surface area contributed by atoms with Gasteiger partial charge in [0.05, 0.1) is 22.0 Å². The van der Waals surface area contributed by atoms with E-state index in [1.54, 1.807) is 27.8 Å². The average Bonchev–Trinajstić information content (AvgIpc) is 3.03. The van der Waals surface area contributed by atoms with E-state index in [4.69, 9.17) is 11.6 Å². The number of hydrogen-bond acceptors (Lipinski definition) is 3. The summed E-state index contributed by atoms with van der Waals surface area (Å²) in [5, 5.41) is 8.02. The molecule has 0 spiro atoms. The molecule has 28 heavy (non-hydrogen) atoms. The zero-order valence-electron chi connectivity index (χ0n) is 15.6. The average molecular weight is 399 g/mol. The minimum atomic E-state index is -0.320. The van der Waals surface area contributed by atoms with Crippen LogP contribution < -0.4 is 10.2 Å². The SMILES string of the molecule is Cc1ccn(-c2ccc(C(=O)N3C[C@@H](C)NCc4cc(F)ccc43)c(Cl)c2)n1. The lowest BCUT2D eigenvalue weighted by molar-refractivity contribution is 0.0985. The Bertz CT molecular complexity index is 1050. The van der Waals surface area contributed by atoms with Crippen molar-refractivity contribution in [1.82, 2.24) is 15.1 Å². The first-order valence-electron chi connectivity index (χ1n) is 9.08. The highest BCUT2D eigenvalue weighted by Crippen LogP contribution is 2.29. The van der Waals surface area contributed by atoms with Crippen molar-refractivity contribution in [2.45, 2.75) is 26.4 Å². The van der Waals surface area contributed by atoms with Gasteiger partial charge < -0.3 is 10.2 Å². The Morgan fingerprint density at radius 1 is 1.25 bits per heavy atom. The molecule has 1 aliphatic rings. The number of aryl methyl sites for hydroxylation is 1. The second-order valence-corrected chi connectivity index (χ2v) is 7.44. The van der Waals surface area contributed by atoms with Crippen molar-refractivity contribution in [3.05, 3.63) is 76.3 Å². The van der Waals surface area contributed by atoms with Crippen LogP contribution in [0.25, 0.3) is 5.69 Å². The molecule has 3 aromatic rings. The minimum absolute atomic E-state index is 0.0597. The Balaban J connectivity index is 1.70. The van der Waals surface area contributed by atoms with Crippen LogP contribution in [0.2, 0.25) is 5.02 Å². The zero-order chi connectivity index (χ0) is 19.8. The van der Waals surface area contributed by atoms with E-state index < -0.39 is 0 Å². The Hall–Kier alpha value is -2.70. The maximum Gasteiger partial charge on any atom is 0.259 e. The number of fused-ring (bicyclic) bond motifs is 1. The number of carbonyl (C=O) groups is 1. The molecule has 4 rings (SSSR count). The van der Waals surface area contributed by atoms with Gasteiger partial charge in [0.15, 0.2) is 0 Å². The van der Waals surface area contributed by atoms with Crippen LogP contribution in [0.4, 0.5) is 10.1 Å². The lowest BCUT2D eigenvalue weighted by Crippen LogP contribution is -2.39. The topological polar surface area (TPSA) is 50.2 Å². The number of nitrogens with one attached hydrogen (secondary N) is 1. The number of benzene rings is 2. The molecule has 144 valence electrons. The Morgan fingerprint density at radius 3 is 2.79 bits per heavy atom. The molecule has 0 fully saturated rings. The highest BCUT2D eigenvalue weighted by molar-refractivity contribution is 6.34. The van der Waals surface area contributed by atoms with Crippen LogP contribution in [0, 0.1) is 12.7 Å². The maximum absolute atomic E-state index is 13.7. The van der Waals surface area contributed by atoms with Gasteiger partial charge in [-0.15, -0.1) is 0 Å². The molecule has 1 N–H and O–H groups in total. The van der Waals surface area contributed by atoms with E-state index >= 15 is 0 Å². The molecular formula is C21H20ClFN4O. The van der Waals surface area contributed by atoms with E-state index in [0.717, 1.165) is 16.9 Å². The second kappa shape index (κ2) is 7.37. The van der Waals surface area contributed by atoms with Crippen LogP contribution in [0.5, 0.6) is 0 Å². The molecule has 2 heterocycles. The monoisotopic (exact) mass is 398 g/mol. The predicted molar refractivity (Wildman–Crippen MR) is 108 cm³/mol. The number of rotatable bonds is 2. The fourth-order valence-electron chi connectivity index (χ4n) is 3.40. The molecule has 1 aliphatic heterocycles. The molecule has 5 nitrogen and oxygen atoms in total. The van der Waals surface area contributed by atoms with Crippen molar-refractivity contribution >= 4 is 23.2 Å². The first-order chi connectivity index (χ1) is 13.4. The summed E-state index contributed by atoms with van der Waals surface area (Å²) in [5.41, 5.74) is 3.52. The molecule has 7 heteroatoms. The zero-order valence-corrected chi connectivity index (χ0v) is 16.4. The number of anilines is 1. The van der Waals surface area contributed by atoms with Crippen LogP contribution >= 0.6 is 11.6 Å². The van der Waals surface area contributed by atoms with Gasteiger partial charge >= 0.3 is 0 Å². The fourth-order valence-corrected chi connectivity index (χ4v) is 3.65. The first kappa shape index (κ1) is 18.7. The van der Waals surface area contributed by atoms with Gasteiger partial charge in [0, 0.05) is 31.0 Å². The summed E-state index contributed by atoms with van der Waals surface area (Å²) in [6.07, 6.45) is 1.84. The maximum atomic E-state index is 13.7. The summed E-state index contributed by atoms with van der Waals surface area (Å²) in [5.74, 6) is -0.531. The molecule has 0 radical (unpaired) electrons. The van der Waals surface area contributed by atoms with Gasteiger partial charge in [-0.25, -0.2) is 9.07 Å². The van der Waals surface area contributed by atoms with Crippen LogP contribution in [0.15, 0.2) is 48.7 Å². The number of halogens is 2. The van der Waals surface area contributed by atoms with Gasteiger partial charge in [-0.3, -0.25) is 4.79 Å². The standard InChI is InChI=1S/C21H20ClFN4O/c1-13-7-8-27(25-13)17-4-5-18(19(22)10-17)21(28)26-12-14(2)24-11-15-9-16(23)3-6-20(15)26/h3-10,14,24H,11-12H2,1-2H3/t14-/m1/s1. The molecule has 1 atom stereocenters. The third-order valence-electron chi connectivity index (χ3n) is 4.84. The highest BCUT2D eigenvalue weighted by Gasteiger charge is 2.26. The quantitative estimate of drug-likeness (QED) is 0.706. The summed E-state index contributed by atoms with van der Waals surface area (Å²) in [6.45, 7) is 4.87. The minimum Gasteiger partial charge on any atom is -0.308 e. The predicted octanol–water partition coefficient (Wildman–Crippen LogP) is 4.11. The molecule has 0 aliphatic carbocycles. The van der Waals surface area contributed by atoms with Gasteiger partial charge in [-0.1, -0.05) is 11.6 Å². The summed E-state index contributed by atoms with van der Waals surface area (Å²) in [6, 6.07) is 11.7. The summed E-state index contributed by atoms with van der Waals surface area (Å²) < 4.78 is 15.4. The van der Waals surface area contributed by atoms with E-state index in [1.165, 1.54) is 12.1 Å². The van der Waals surface area contributed by atoms with E-state index in [1.807, 2.05) is 32.2 Å². The fraction of sp³-hybridized carbons (Fsp3) is 0.238.